The van der Waals surface area contributed by atoms with Crippen LogP contribution in [0.4, 0.5) is 5.82 Å². The van der Waals surface area contributed by atoms with Crippen molar-refractivity contribution in [2.45, 2.75) is 50.5 Å². The number of nitrogens with zero attached hydrogens (tertiary/aromatic N) is 2. The van der Waals surface area contributed by atoms with E-state index in [0.717, 1.165) is 42.1 Å². The maximum Gasteiger partial charge on any atom is 0.270 e. The Kier molecular flexibility index (Phi) is 3.85. The Morgan fingerprint density at radius 1 is 1.04 bits per heavy atom. The van der Waals surface area contributed by atoms with Crippen LogP contribution in [0.15, 0.2) is 41.3 Å². The molecule has 2 aliphatic rings. The third-order valence-electron chi connectivity index (χ3n) is 5.96. The third kappa shape index (κ3) is 2.67. The molecule has 2 aromatic heterocycles. The van der Waals surface area contributed by atoms with Crippen molar-refractivity contribution in [2.24, 2.45) is 0 Å². The van der Waals surface area contributed by atoms with Gasteiger partial charge in [-0.2, -0.15) is 0 Å². The van der Waals surface area contributed by atoms with E-state index in [4.69, 9.17) is 0 Å². The lowest BCUT2D eigenvalue weighted by molar-refractivity contribution is -0.116. The zero-order chi connectivity index (χ0) is 18.4. The average Bonchev–Trinajstić information content (AvgIpc) is 3.04. The van der Waals surface area contributed by atoms with Crippen molar-refractivity contribution in [1.82, 2.24) is 14.8 Å². The van der Waals surface area contributed by atoms with E-state index in [1.807, 2.05) is 35.0 Å². The molecule has 138 valence electrons. The molecule has 5 rings (SSSR count). The number of aromatic amines is 1. The number of hydrogen-bond donors (Lipinski definition) is 2. The fraction of sp³-hybridized carbons (Fsp3) is 0.381. The van der Waals surface area contributed by atoms with Crippen LogP contribution in [0.25, 0.3) is 10.9 Å². The predicted molar refractivity (Wildman–Crippen MR) is 104 cm³/mol. The summed E-state index contributed by atoms with van der Waals surface area (Å²) in [5.74, 6) is 0.362. The van der Waals surface area contributed by atoms with Crippen molar-refractivity contribution < 1.29 is 4.79 Å². The summed E-state index contributed by atoms with van der Waals surface area (Å²) in [5.41, 5.74) is 2.45. The largest absolute Gasteiger partial charge is 0.311 e. The molecule has 1 aliphatic heterocycles. The Morgan fingerprint density at radius 3 is 2.70 bits per heavy atom. The summed E-state index contributed by atoms with van der Waals surface area (Å²) in [4.78, 5) is 29.9. The number of amides is 1. The second-order valence-corrected chi connectivity index (χ2v) is 7.59. The van der Waals surface area contributed by atoms with E-state index in [9.17, 15) is 9.59 Å². The van der Waals surface area contributed by atoms with Gasteiger partial charge in [0.05, 0.1) is 17.1 Å². The van der Waals surface area contributed by atoms with E-state index in [1.54, 1.807) is 6.20 Å². The summed E-state index contributed by atoms with van der Waals surface area (Å²) < 4.78 is 1.92. The highest BCUT2D eigenvalue weighted by molar-refractivity contribution is 5.95. The lowest BCUT2D eigenvalue weighted by atomic mass is 9.85. The summed E-state index contributed by atoms with van der Waals surface area (Å²) >= 11 is 0. The van der Waals surface area contributed by atoms with Crippen LogP contribution in [0, 0.1) is 0 Å². The summed E-state index contributed by atoms with van der Waals surface area (Å²) in [6.45, 7) is 0. The van der Waals surface area contributed by atoms with Crippen molar-refractivity contribution in [3.63, 3.8) is 0 Å². The van der Waals surface area contributed by atoms with Crippen molar-refractivity contribution in [2.75, 3.05) is 5.32 Å². The SMILES string of the molecule is O=C1C[C@@H](c2ccnc3ccccc23)c2c(n(C3CCCCC3)[nH]c2=O)N1. The fourth-order valence-electron chi connectivity index (χ4n) is 4.68. The second-order valence-electron chi connectivity index (χ2n) is 7.59. The van der Waals surface area contributed by atoms with Crippen LogP contribution in [0.2, 0.25) is 0 Å². The molecule has 6 heteroatoms. The minimum Gasteiger partial charge on any atom is -0.311 e. The first-order chi connectivity index (χ1) is 13.2. The number of hydrogen-bond acceptors (Lipinski definition) is 3. The summed E-state index contributed by atoms with van der Waals surface area (Å²) in [5, 5.41) is 6.99. The molecule has 6 nitrogen and oxygen atoms in total. The Balaban J connectivity index is 1.67. The predicted octanol–water partition coefficient (Wildman–Crippen LogP) is 3.70. The molecule has 0 unspecified atom stereocenters. The minimum atomic E-state index is -0.254. The molecule has 3 aromatic rings. The highest BCUT2D eigenvalue weighted by Gasteiger charge is 2.35. The zero-order valence-electron chi connectivity index (χ0n) is 15.1. The van der Waals surface area contributed by atoms with Gasteiger partial charge in [-0.1, -0.05) is 37.5 Å². The van der Waals surface area contributed by atoms with Crippen molar-refractivity contribution in [3.05, 3.63) is 58.0 Å². The number of fused-ring (bicyclic) bond motifs is 2. The van der Waals surface area contributed by atoms with Gasteiger partial charge >= 0.3 is 0 Å². The fourth-order valence-corrected chi connectivity index (χ4v) is 4.68. The number of H-pyrrole nitrogens is 1. The van der Waals surface area contributed by atoms with Gasteiger partial charge in [-0.05, 0) is 30.5 Å². The number of carbonyl (C=O) groups is 1. The van der Waals surface area contributed by atoms with Gasteiger partial charge in [-0.25, -0.2) is 0 Å². The molecule has 1 amide bonds. The van der Waals surface area contributed by atoms with Gasteiger partial charge in [0, 0.05) is 23.9 Å². The molecule has 3 heterocycles. The summed E-state index contributed by atoms with van der Waals surface area (Å²) in [6.07, 6.45) is 7.67. The highest BCUT2D eigenvalue weighted by Crippen LogP contribution is 2.40. The molecule has 0 radical (unpaired) electrons. The number of aromatic nitrogens is 3. The summed E-state index contributed by atoms with van der Waals surface area (Å²) in [7, 11) is 0. The monoisotopic (exact) mass is 362 g/mol. The molecule has 1 saturated carbocycles. The lowest BCUT2D eigenvalue weighted by Gasteiger charge is -2.28. The van der Waals surface area contributed by atoms with Crippen LogP contribution in [0.3, 0.4) is 0 Å². The molecule has 0 saturated heterocycles. The van der Waals surface area contributed by atoms with Crippen LogP contribution in [-0.2, 0) is 4.79 Å². The standard InChI is InChI=1S/C21H22N4O2/c26-18-12-16(14-10-11-22-17-9-5-4-8-15(14)17)19-20(23-18)25(24-21(19)27)13-6-2-1-3-7-13/h4-5,8-11,13,16H,1-3,6-7,12H2,(H,23,26)(H,24,27)/t16-/m0/s1. The maximum absolute atomic E-state index is 12.9. The van der Waals surface area contributed by atoms with Crippen molar-refractivity contribution >= 4 is 22.6 Å². The van der Waals surface area contributed by atoms with E-state index in [1.165, 1.54) is 6.42 Å². The quantitative estimate of drug-likeness (QED) is 0.729. The topological polar surface area (TPSA) is 79.8 Å². The van der Waals surface area contributed by atoms with Crippen molar-refractivity contribution in [1.29, 1.82) is 0 Å². The number of carbonyl (C=O) groups excluding carboxylic acids is 1. The van der Waals surface area contributed by atoms with Gasteiger partial charge in [0.25, 0.3) is 5.56 Å². The maximum atomic E-state index is 12.9. The third-order valence-corrected chi connectivity index (χ3v) is 5.96. The van der Waals surface area contributed by atoms with Crippen LogP contribution >= 0.6 is 0 Å². The molecule has 0 spiro atoms. The molecule has 27 heavy (non-hydrogen) atoms. The van der Waals surface area contributed by atoms with Crippen molar-refractivity contribution in [3.8, 4) is 0 Å². The normalized spacial score (nSPS) is 20.4. The number of pyridine rings is 1. The summed E-state index contributed by atoms with van der Waals surface area (Å²) in [6, 6.07) is 10.1. The van der Waals surface area contributed by atoms with E-state index >= 15 is 0 Å². The first-order valence-electron chi connectivity index (χ1n) is 9.70. The van der Waals surface area contributed by atoms with E-state index < -0.39 is 0 Å². The second kappa shape index (κ2) is 6.37. The molecule has 1 atom stereocenters. The minimum absolute atomic E-state index is 0.0445. The smallest absolute Gasteiger partial charge is 0.270 e. The van der Waals surface area contributed by atoms with Gasteiger partial charge in [-0.3, -0.25) is 24.4 Å². The molecule has 1 fully saturated rings. The van der Waals surface area contributed by atoms with E-state index in [0.29, 0.717) is 11.4 Å². The Hall–Kier alpha value is -2.89. The Morgan fingerprint density at radius 2 is 1.85 bits per heavy atom. The molecular formula is C21H22N4O2. The number of benzene rings is 1. The number of para-hydroxylation sites is 1. The molecule has 2 N–H and O–H groups in total. The Labute approximate surface area is 156 Å². The molecule has 1 aromatic carbocycles. The van der Waals surface area contributed by atoms with E-state index in [2.05, 4.69) is 15.4 Å². The van der Waals surface area contributed by atoms with Crippen LogP contribution in [0.1, 0.15) is 61.6 Å². The average molecular weight is 362 g/mol. The lowest BCUT2D eigenvalue weighted by Crippen LogP contribution is -2.27. The van der Waals surface area contributed by atoms with Crippen LogP contribution in [-0.4, -0.2) is 20.7 Å². The van der Waals surface area contributed by atoms with Gasteiger partial charge < -0.3 is 5.32 Å². The first-order valence-corrected chi connectivity index (χ1v) is 9.70. The van der Waals surface area contributed by atoms with Gasteiger partial charge in [0.15, 0.2) is 0 Å². The highest BCUT2D eigenvalue weighted by atomic mass is 16.2. The number of anilines is 1. The van der Waals surface area contributed by atoms with Crippen LogP contribution < -0.4 is 10.9 Å². The first kappa shape index (κ1) is 16.3. The number of nitrogens with one attached hydrogen (secondary N) is 2. The van der Waals surface area contributed by atoms with Gasteiger partial charge in [0.1, 0.15) is 5.82 Å². The van der Waals surface area contributed by atoms with Gasteiger partial charge in [0.2, 0.25) is 5.91 Å². The van der Waals surface area contributed by atoms with Gasteiger partial charge in [-0.15, -0.1) is 0 Å². The van der Waals surface area contributed by atoms with Crippen LogP contribution in [0.5, 0.6) is 0 Å². The molecule has 1 aliphatic carbocycles. The van der Waals surface area contributed by atoms with E-state index in [-0.39, 0.29) is 29.8 Å². The Bertz CT molecular complexity index is 1070. The number of rotatable bonds is 2. The molecular weight excluding hydrogens is 340 g/mol. The zero-order valence-corrected chi connectivity index (χ0v) is 15.1. The molecule has 0 bridgehead atoms.